The van der Waals surface area contributed by atoms with Gasteiger partial charge >= 0.3 is 0 Å². The average molecular weight is 296 g/mol. The topological polar surface area (TPSA) is 60.5 Å². The van der Waals surface area contributed by atoms with Gasteiger partial charge in [-0.25, -0.2) is 0 Å². The van der Waals surface area contributed by atoms with Crippen molar-refractivity contribution in [3.63, 3.8) is 0 Å². The zero-order valence-electron chi connectivity index (χ0n) is 12.0. The lowest BCUT2D eigenvalue weighted by molar-refractivity contribution is -0.116. The van der Waals surface area contributed by atoms with Crippen molar-refractivity contribution in [2.24, 2.45) is 0 Å². The van der Waals surface area contributed by atoms with E-state index in [2.05, 4.69) is 10.3 Å². The Kier molecular flexibility index (Phi) is 4.34. The van der Waals surface area contributed by atoms with Gasteiger partial charge in [0.05, 0.1) is 0 Å². The summed E-state index contributed by atoms with van der Waals surface area (Å²) in [5.74, 6) is 1.31. The second-order valence-corrected chi connectivity index (χ2v) is 4.81. The fraction of sp³-hybridized carbons (Fsp3) is 0.176. The van der Waals surface area contributed by atoms with Gasteiger partial charge in [0.25, 0.3) is 0 Å². The van der Waals surface area contributed by atoms with Gasteiger partial charge in [-0.15, -0.1) is 0 Å². The van der Waals surface area contributed by atoms with Gasteiger partial charge in [0, 0.05) is 30.9 Å². The highest BCUT2D eigenvalue weighted by atomic mass is 16.7. The SMILES string of the molecule is O=C(C=Cc1ccc2c(c1)OCO2)NCCc1ccccn1. The number of hydrogen-bond donors (Lipinski definition) is 1. The van der Waals surface area contributed by atoms with Gasteiger partial charge in [-0.1, -0.05) is 12.1 Å². The predicted molar refractivity (Wildman–Crippen MR) is 82.5 cm³/mol. The molecule has 1 N–H and O–H groups in total. The lowest BCUT2D eigenvalue weighted by Crippen LogP contribution is -2.23. The molecule has 0 saturated heterocycles. The maximum absolute atomic E-state index is 11.8. The molecular formula is C17H16N2O3. The maximum Gasteiger partial charge on any atom is 0.244 e. The third-order valence-corrected chi connectivity index (χ3v) is 3.23. The monoisotopic (exact) mass is 296 g/mol. The van der Waals surface area contributed by atoms with Crippen LogP contribution in [0.4, 0.5) is 0 Å². The molecule has 0 spiro atoms. The Balaban J connectivity index is 1.49. The van der Waals surface area contributed by atoms with E-state index in [9.17, 15) is 4.79 Å². The smallest absolute Gasteiger partial charge is 0.244 e. The van der Waals surface area contributed by atoms with E-state index >= 15 is 0 Å². The number of nitrogens with one attached hydrogen (secondary N) is 1. The number of nitrogens with zero attached hydrogens (tertiary/aromatic N) is 1. The maximum atomic E-state index is 11.8. The molecule has 5 nitrogen and oxygen atoms in total. The molecule has 0 atom stereocenters. The van der Waals surface area contributed by atoms with Gasteiger partial charge < -0.3 is 14.8 Å². The summed E-state index contributed by atoms with van der Waals surface area (Å²) in [5.41, 5.74) is 1.85. The van der Waals surface area contributed by atoms with Crippen molar-refractivity contribution >= 4 is 12.0 Å². The van der Waals surface area contributed by atoms with Crippen LogP contribution in [0.3, 0.4) is 0 Å². The van der Waals surface area contributed by atoms with E-state index in [1.165, 1.54) is 6.08 Å². The number of aromatic nitrogens is 1. The number of carbonyl (C=O) groups is 1. The number of benzene rings is 1. The van der Waals surface area contributed by atoms with Crippen LogP contribution in [0.5, 0.6) is 11.5 Å². The van der Waals surface area contributed by atoms with Crippen LogP contribution in [-0.2, 0) is 11.2 Å². The van der Waals surface area contributed by atoms with E-state index in [-0.39, 0.29) is 12.7 Å². The first-order valence-electron chi connectivity index (χ1n) is 7.07. The zero-order chi connectivity index (χ0) is 15.2. The molecule has 0 fully saturated rings. The Hall–Kier alpha value is -2.82. The van der Waals surface area contributed by atoms with Crippen molar-refractivity contribution < 1.29 is 14.3 Å². The Bertz CT molecular complexity index is 684. The minimum absolute atomic E-state index is 0.131. The van der Waals surface area contributed by atoms with Crippen LogP contribution in [0.25, 0.3) is 6.08 Å². The van der Waals surface area contributed by atoms with Crippen molar-refractivity contribution in [1.82, 2.24) is 10.3 Å². The first-order valence-corrected chi connectivity index (χ1v) is 7.07. The predicted octanol–water partition coefficient (Wildman–Crippen LogP) is 2.18. The van der Waals surface area contributed by atoms with Crippen molar-refractivity contribution in [3.8, 4) is 11.5 Å². The largest absolute Gasteiger partial charge is 0.454 e. The van der Waals surface area contributed by atoms with Gasteiger partial charge in [-0.2, -0.15) is 0 Å². The third-order valence-electron chi connectivity index (χ3n) is 3.23. The number of pyridine rings is 1. The van der Waals surface area contributed by atoms with Crippen LogP contribution < -0.4 is 14.8 Å². The van der Waals surface area contributed by atoms with E-state index in [1.807, 2.05) is 36.4 Å². The summed E-state index contributed by atoms with van der Waals surface area (Å²) in [5, 5.41) is 2.83. The molecule has 0 aliphatic carbocycles. The molecule has 5 heteroatoms. The second kappa shape index (κ2) is 6.76. The fourth-order valence-electron chi connectivity index (χ4n) is 2.11. The normalized spacial score (nSPS) is 12.5. The van der Waals surface area contributed by atoms with Crippen molar-refractivity contribution in [2.75, 3.05) is 13.3 Å². The zero-order valence-corrected chi connectivity index (χ0v) is 12.0. The number of ether oxygens (including phenoxy) is 2. The molecule has 0 radical (unpaired) electrons. The van der Waals surface area contributed by atoms with Crippen molar-refractivity contribution in [2.45, 2.75) is 6.42 Å². The molecule has 1 aliphatic heterocycles. The van der Waals surface area contributed by atoms with Crippen LogP contribution in [0.1, 0.15) is 11.3 Å². The molecule has 0 bridgehead atoms. The standard InChI is InChI=1S/C17H16N2O3/c20-17(19-10-8-14-3-1-2-9-18-14)7-5-13-4-6-15-16(11-13)22-12-21-15/h1-7,9,11H,8,10,12H2,(H,19,20). The summed E-state index contributed by atoms with van der Waals surface area (Å²) in [4.78, 5) is 16.0. The fourth-order valence-corrected chi connectivity index (χ4v) is 2.11. The second-order valence-electron chi connectivity index (χ2n) is 4.81. The summed E-state index contributed by atoms with van der Waals surface area (Å²) >= 11 is 0. The van der Waals surface area contributed by atoms with E-state index in [0.717, 1.165) is 17.0 Å². The molecule has 3 rings (SSSR count). The summed E-state index contributed by atoms with van der Waals surface area (Å²) < 4.78 is 10.5. The Labute approximate surface area is 128 Å². The molecule has 0 saturated carbocycles. The first kappa shape index (κ1) is 14.1. The first-order chi connectivity index (χ1) is 10.8. The number of carbonyl (C=O) groups excluding carboxylic acids is 1. The number of amides is 1. The molecule has 112 valence electrons. The molecule has 1 aliphatic rings. The lowest BCUT2D eigenvalue weighted by atomic mass is 10.2. The van der Waals surface area contributed by atoms with Gasteiger partial charge in [-0.05, 0) is 35.9 Å². The molecule has 1 aromatic carbocycles. The minimum Gasteiger partial charge on any atom is -0.454 e. The summed E-state index contributed by atoms with van der Waals surface area (Å²) in [6.45, 7) is 0.803. The van der Waals surface area contributed by atoms with Gasteiger partial charge in [0.1, 0.15) is 0 Å². The van der Waals surface area contributed by atoms with E-state index in [4.69, 9.17) is 9.47 Å². The van der Waals surface area contributed by atoms with Gasteiger partial charge in [0.2, 0.25) is 12.7 Å². The van der Waals surface area contributed by atoms with E-state index in [0.29, 0.717) is 18.7 Å². The highest BCUT2D eigenvalue weighted by Gasteiger charge is 2.12. The minimum atomic E-state index is -0.131. The number of hydrogen-bond acceptors (Lipinski definition) is 4. The van der Waals surface area contributed by atoms with Gasteiger partial charge in [0.15, 0.2) is 11.5 Å². The van der Waals surface area contributed by atoms with Crippen LogP contribution in [0.2, 0.25) is 0 Å². The highest BCUT2D eigenvalue weighted by molar-refractivity contribution is 5.91. The molecule has 22 heavy (non-hydrogen) atoms. The average Bonchev–Trinajstić information content (AvgIpc) is 3.01. The molecule has 2 aromatic rings. The molecule has 1 aromatic heterocycles. The number of rotatable bonds is 5. The third kappa shape index (κ3) is 3.63. The highest BCUT2D eigenvalue weighted by Crippen LogP contribution is 2.32. The van der Waals surface area contributed by atoms with Crippen molar-refractivity contribution in [3.05, 3.63) is 59.9 Å². The quantitative estimate of drug-likeness (QED) is 0.859. The van der Waals surface area contributed by atoms with Gasteiger partial charge in [-0.3, -0.25) is 9.78 Å². The summed E-state index contributed by atoms with van der Waals surface area (Å²) in [6, 6.07) is 11.3. The van der Waals surface area contributed by atoms with Crippen LogP contribution >= 0.6 is 0 Å². The molecule has 0 unspecified atom stereocenters. The Morgan fingerprint density at radius 3 is 3.00 bits per heavy atom. The van der Waals surface area contributed by atoms with E-state index in [1.54, 1.807) is 12.3 Å². The Morgan fingerprint density at radius 2 is 2.14 bits per heavy atom. The molecular weight excluding hydrogens is 280 g/mol. The number of fused-ring (bicyclic) bond motifs is 1. The van der Waals surface area contributed by atoms with Crippen LogP contribution in [0, 0.1) is 0 Å². The van der Waals surface area contributed by atoms with Crippen LogP contribution in [-0.4, -0.2) is 24.2 Å². The van der Waals surface area contributed by atoms with Crippen LogP contribution in [0.15, 0.2) is 48.7 Å². The lowest BCUT2D eigenvalue weighted by Gasteiger charge is -2.02. The van der Waals surface area contributed by atoms with Crippen molar-refractivity contribution in [1.29, 1.82) is 0 Å². The molecule has 1 amide bonds. The Morgan fingerprint density at radius 1 is 1.23 bits per heavy atom. The summed E-state index contributed by atoms with van der Waals surface area (Å²) in [6.07, 6.45) is 5.72. The summed E-state index contributed by atoms with van der Waals surface area (Å²) in [7, 11) is 0. The van der Waals surface area contributed by atoms with E-state index < -0.39 is 0 Å². The molecule has 2 heterocycles.